The highest BCUT2D eigenvalue weighted by Gasteiger charge is 2.22. The monoisotopic (exact) mass is 264 g/mol. The molecule has 104 valence electrons. The molecule has 1 aromatic rings. The number of aromatic amines is 1. The molecule has 1 aromatic heterocycles. The number of rotatable bonds is 2. The third kappa shape index (κ3) is 2.57. The standard InChI is InChI=1S/C12H20N6O/c19-12-11(18-7-3-14-4-8-18)10(9-15-16-12)17-5-1-13-2-6-17/h9,13-14H,1-8H2,(H,16,19). The Bertz CT molecular complexity index is 475. The lowest BCUT2D eigenvalue weighted by Gasteiger charge is -2.35. The van der Waals surface area contributed by atoms with Crippen molar-refractivity contribution in [1.29, 1.82) is 0 Å². The van der Waals surface area contributed by atoms with Crippen LogP contribution >= 0.6 is 0 Å². The Balaban J connectivity index is 1.94. The lowest BCUT2D eigenvalue weighted by atomic mass is 10.2. The second-order valence-electron chi connectivity index (χ2n) is 4.91. The van der Waals surface area contributed by atoms with Crippen molar-refractivity contribution in [2.24, 2.45) is 0 Å². The highest BCUT2D eigenvalue weighted by atomic mass is 16.1. The summed E-state index contributed by atoms with van der Waals surface area (Å²) in [5.41, 5.74) is 1.66. The number of aromatic nitrogens is 2. The number of nitrogens with zero attached hydrogens (tertiary/aromatic N) is 3. The molecule has 3 heterocycles. The fourth-order valence-corrected chi connectivity index (χ4v) is 2.71. The van der Waals surface area contributed by atoms with Gasteiger partial charge >= 0.3 is 0 Å². The summed E-state index contributed by atoms with van der Waals surface area (Å²) in [6.45, 7) is 7.32. The Kier molecular flexibility index (Phi) is 3.65. The second-order valence-corrected chi connectivity index (χ2v) is 4.91. The van der Waals surface area contributed by atoms with Crippen molar-refractivity contribution >= 4 is 11.4 Å². The second kappa shape index (κ2) is 5.58. The van der Waals surface area contributed by atoms with Crippen molar-refractivity contribution in [2.45, 2.75) is 0 Å². The van der Waals surface area contributed by atoms with Gasteiger partial charge in [-0.1, -0.05) is 0 Å². The number of piperazine rings is 2. The first-order chi connectivity index (χ1) is 9.36. The predicted molar refractivity (Wildman–Crippen MR) is 75.0 cm³/mol. The molecule has 0 unspecified atom stereocenters. The first-order valence-electron chi connectivity index (χ1n) is 6.85. The molecule has 7 nitrogen and oxygen atoms in total. The third-order valence-electron chi connectivity index (χ3n) is 3.70. The van der Waals surface area contributed by atoms with Gasteiger partial charge in [-0.05, 0) is 0 Å². The van der Waals surface area contributed by atoms with Crippen molar-refractivity contribution < 1.29 is 0 Å². The molecule has 0 spiro atoms. The van der Waals surface area contributed by atoms with E-state index in [1.54, 1.807) is 6.20 Å². The van der Waals surface area contributed by atoms with Gasteiger partial charge in [0.25, 0.3) is 5.56 Å². The average molecular weight is 264 g/mol. The van der Waals surface area contributed by atoms with Crippen LogP contribution in [0.25, 0.3) is 0 Å². The maximum Gasteiger partial charge on any atom is 0.289 e. The normalized spacial score (nSPS) is 20.6. The van der Waals surface area contributed by atoms with Crippen molar-refractivity contribution in [3.05, 3.63) is 16.6 Å². The van der Waals surface area contributed by atoms with E-state index in [1.165, 1.54) is 0 Å². The molecule has 0 aliphatic carbocycles. The van der Waals surface area contributed by atoms with Gasteiger partial charge in [0.1, 0.15) is 5.69 Å². The molecule has 7 heteroatoms. The maximum absolute atomic E-state index is 12.2. The fourth-order valence-electron chi connectivity index (χ4n) is 2.71. The number of nitrogens with one attached hydrogen (secondary N) is 3. The SMILES string of the molecule is O=c1[nH]ncc(N2CCNCC2)c1N1CCNCC1. The summed E-state index contributed by atoms with van der Waals surface area (Å²) in [4.78, 5) is 16.6. The van der Waals surface area contributed by atoms with Gasteiger partial charge in [-0.15, -0.1) is 0 Å². The molecule has 0 saturated carbocycles. The molecular weight excluding hydrogens is 244 g/mol. The Morgan fingerprint density at radius 2 is 1.53 bits per heavy atom. The molecule has 3 rings (SSSR count). The van der Waals surface area contributed by atoms with Gasteiger partial charge in [0.15, 0.2) is 0 Å². The lowest BCUT2D eigenvalue weighted by molar-refractivity contribution is 0.574. The molecule has 0 bridgehead atoms. The highest BCUT2D eigenvalue weighted by Crippen LogP contribution is 2.24. The van der Waals surface area contributed by atoms with Gasteiger partial charge in [0.05, 0.1) is 11.9 Å². The van der Waals surface area contributed by atoms with E-state index in [4.69, 9.17) is 0 Å². The van der Waals surface area contributed by atoms with Crippen molar-refractivity contribution in [3.63, 3.8) is 0 Å². The molecule has 2 aliphatic heterocycles. The molecule has 0 atom stereocenters. The summed E-state index contributed by atoms with van der Waals surface area (Å²) in [7, 11) is 0. The number of anilines is 2. The molecule has 2 fully saturated rings. The van der Waals surface area contributed by atoms with Crippen molar-refractivity contribution in [3.8, 4) is 0 Å². The summed E-state index contributed by atoms with van der Waals surface area (Å²) in [5.74, 6) is 0. The molecule has 2 saturated heterocycles. The quantitative estimate of drug-likeness (QED) is 0.609. The minimum Gasteiger partial charge on any atom is -0.366 e. The largest absolute Gasteiger partial charge is 0.366 e. The molecule has 0 aromatic carbocycles. The fraction of sp³-hybridized carbons (Fsp3) is 0.667. The summed E-state index contributed by atoms with van der Waals surface area (Å²) in [6, 6.07) is 0. The van der Waals surface area contributed by atoms with E-state index in [1.807, 2.05) is 0 Å². The lowest BCUT2D eigenvalue weighted by Crippen LogP contribution is -2.48. The van der Waals surface area contributed by atoms with Gasteiger partial charge in [-0.25, -0.2) is 5.10 Å². The third-order valence-corrected chi connectivity index (χ3v) is 3.70. The number of H-pyrrole nitrogens is 1. The molecule has 0 radical (unpaired) electrons. The van der Waals surface area contributed by atoms with Crippen molar-refractivity contribution in [2.75, 3.05) is 62.2 Å². The molecule has 3 N–H and O–H groups in total. The van der Waals surface area contributed by atoms with E-state index in [9.17, 15) is 4.79 Å². The predicted octanol–water partition coefficient (Wildman–Crippen LogP) is -1.41. The van der Waals surface area contributed by atoms with E-state index < -0.39 is 0 Å². The minimum atomic E-state index is -0.0852. The zero-order chi connectivity index (χ0) is 13.1. The van der Waals surface area contributed by atoms with Crippen molar-refractivity contribution in [1.82, 2.24) is 20.8 Å². The van der Waals surface area contributed by atoms with E-state index >= 15 is 0 Å². The summed E-state index contributed by atoms with van der Waals surface area (Å²) >= 11 is 0. The zero-order valence-corrected chi connectivity index (χ0v) is 11.0. The molecule has 19 heavy (non-hydrogen) atoms. The van der Waals surface area contributed by atoms with Gasteiger partial charge < -0.3 is 20.4 Å². The molecule has 0 amide bonds. The van der Waals surface area contributed by atoms with E-state index in [2.05, 4.69) is 30.6 Å². The first-order valence-corrected chi connectivity index (χ1v) is 6.85. The Hall–Kier alpha value is -1.60. The van der Waals surface area contributed by atoms with Crippen LogP contribution in [0.15, 0.2) is 11.0 Å². The van der Waals surface area contributed by atoms with E-state index in [0.29, 0.717) is 0 Å². The Labute approximate surface area is 112 Å². The minimum absolute atomic E-state index is 0.0852. The van der Waals surface area contributed by atoms with Crippen LogP contribution in [0.2, 0.25) is 0 Å². The van der Waals surface area contributed by atoms with Crippen LogP contribution in [0.5, 0.6) is 0 Å². The summed E-state index contributed by atoms with van der Waals surface area (Å²) in [5, 5.41) is 13.2. The van der Waals surface area contributed by atoms with Gasteiger partial charge in [0, 0.05) is 52.4 Å². The van der Waals surface area contributed by atoms with E-state index in [0.717, 1.165) is 63.7 Å². The van der Waals surface area contributed by atoms with Crippen LogP contribution < -0.4 is 26.0 Å². The van der Waals surface area contributed by atoms with Crippen LogP contribution in [0.4, 0.5) is 11.4 Å². The summed E-state index contributed by atoms with van der Waals surface area (Å²) in [6.07, 6.45) is 1.78. The number of hydrogen-bond donors (Lipinski definition) is 3. The van der Waals surface area contributed by atoms with Crippen LogP contribution in [-0.4, -0.2) is 62.6 Å². The van der Waals surface area contributed by atoms with Gasteiger partial charge in [0.2, 0.25) is 0 Å². The van der Waals surface area contributed by atoms with Crippen LogP contribution in [0, 0.1) is 0 Å². The summed E-state index contributed by atoms with van der Waals surface area (Å²) < 4.78 is 0. The van der Waals surface area contributed by atoms with Crippen LogP contribution in [0.1, 0.15) is 0 Å². The number of hydrogen-bond acceptors (Lipinski definition) is 6. The van der Waals surface area contributed by atoms with Crippen LogP contribution in [0.3, 0.4) is 0 Å². The zero-order valence-electron chi connectivity index (χ0n) is 11.0. The molecular formula is C12H20N6O. The van der Waals surface area contributed by atoms with Crippen LogP contribution in [-0.2, 0) is 0 Å². The Morgan fingerprint density at radius 3 is 2.16 bits per heavy atom. The van der Waals surface area contributed by atoms with Gasteiger partial charge in [-0.2, -0.15) is 5.10 Å². The highest BCUT2D eigenvalue weighted by molar-refractivity contribution is 5.69. The van der Waals surface area contributed by atoms with Gasteiger partial charge in [-0.3, -0.25) is 4.79 Å². The average Bonchev–Trinajstić information content (AvgIpc) is 2.49. The maximum atomic E-state index is 12.2. The smallest absolute Gasteiger partial charge is 0.289 e. The Morgan fingerprint density at radius 1 is 0.947 bits per heavy atom. The molecule has 2 aliphatic rings. The van der Waals surface area contributed by atoms with E-state index in [-0.39, 0.29) is 5.56 Å². The topological polar surface area (TPSA) is 76.3 Å². The first kappa shape index (κ1) is 12.4.